The summed E-state index contributed by atoms with van der Waals surface area (Å²) in [6.45, 7) is 0. The number of benzene rings is 4. The summed E-state index contributed by atoms with van der Waals surface area (Å²) >= 11 is 0. The first-order chi connectivity index (χ1) is 10.8. The maximum absolute atomic E-state index is 6.51. The molecule has 0 aromatic heterocycles. The van der Waals surface area contributed by atoms with Gasteiger partial charge in [0.2, 0.25) is 0 Å². The van der Waals surface area contributed by atoms with Gasteiger partial charge in [-0.05, 0) is 11.1 Å². The third-order valence-corrected chi connectivity index (χ3v) is 4.22. The van der Waals surface area contributed by atoms with Crippen LogP contribution < -0.4 is 11.5 Å². The van der Waals surface area contributed by atoms with E-state index in [4.69, 9.17) is 11.5 Å². The van der Waals surface area contributed by atoms with Gasteiger partial charge < -0.3 is 11.5 Å². The summed E-state index contributed by atoms with van der Waals surface area (Å²) in [6, 6.07) is 24.5. The minimum absolute atomic E-state index is 0.789. The van der Waals surface area contributed by atoms with Gasteiger partial charge in [-0.1, -0.05) is 72.8 Å². The molecule has 22 heavy (non-hydrogen) atoms. The van der Waals surface area contributed by atoms with Gasteiger partial charge >= 0.3 is 0 Å². The lowest BCUT2D eigenvalue weighted by molar-refractivity contribution is 1.65. The van der Waals surface area contributed by atoms with Crippen LogP contribution in [0.1, 0.15) is 0 Å². The van der Waals surface area contributed by atoms with Crippen LogP contribution >= 0.6 is 0 Å². The third-order valence-electron chi connectivity index (χ3n) is 4.22. The Balaban J connectivity index is 2.22. The molecule has 0 aliphatic heterocycles. The second-order valence-electron chi connectivity index (χ2n) is 5.47. The van der Waals surface area contributed by atoms with E-state index < -0.39 is 0 Å². The van der Waals surface area contributed by atoms with E-state index >= 15 is 0 Å². The van der Waals surface area contributed by atoms with Crippen molar-refractivity contribution in [1.29, 1.82) is 0 Å². The number of hydrogen-bond acceptors (Lipinski definition) is 2. The van der Waals surface area contributed by atoms with Crippen molar-refractivity contribution >= 4 is 32.9 Å². The fraction of sp³-hybridized carbons (Fsp3) is 0. The van der Waals surface area contributed by atoms with Gasteiger partial charge in [0.15, 0.2) is 0 Å². The van der Waals surface area contributed by atoms with Crippen LogP contribution in [0.5, 0.6) is 0 Å². The molecule has 4 N–H and O–H groups in total. The van der Waals surface area contributed by atoms with Gasteiger partial charge in [0, 0.05) is 32.9 Å². The third kappa shape index (κ3) is 1.74. The monoisotopic (exact) mass is 284 g/mol. The number of rotatable bonds is 1. The van der Waals surface area contributed by atoms with Crippen LogP contribution in [0.15, 0.2) is 72.8 Å². The summed E-state index contributed by atoms with van der Waals surface area (Å²) in [5.74, 6) is 0. The van der Waals surface area contributed by atoms with Crippen molar-refractivity contribution in [1.82, 2.24) is 0 Å². The molecule has 2 nitrogen and oxygen atoms in total. The first-order valence-corrected chi connectivity index (χ1v) is 7.31. The molecule has 0 saturated heterocycles. The molecule has 4 aromatic carbocycles. The van der Waals surface area contributed by atoms with E-state index in [-0.39, 0.29) is 0 Å². The quantitative estimate of drug-likeness (QED) is 0.299. The molecule has 4 rings (SSSR count). The van der Waals surface area contributed by atoms with Gasteiger partial charge in [0.25, 0.3) is 0 Å². The summed E-state index contributed by atoms with van der Waals surface area (Å²) in [6.07, 6.45) is 0. The van der Waals surface area contributed by atoms with E-state index in [2.05, 4.69) is 18.2 Å². The van der Waals surface area contributed by atoms with E-state index in [0.717, 1.165) is 44.0 Å². The minimum atomic E-state index is 0.789. The van der Waals surface area contributed by atoms with Crippen LogP contribution in [0.2, 0.25) is 0 Å². The fourth-order valence-electron chi connectivity index (χ4n) is 3.16. The Hall–Kier alpha value is -3.00. The zero-order chi connectivity index (χ0) is 15.1. The Bertz CT molecular complexity index is 989. The number of anilines is 2. The van der Waals surface area contributed by atoms with Crippen LogP contribution in [-0.4, -0.2) is 0 Å². The average molecular weight is 284 g/mol. The van der Waals surface area contributed by atoms with Gasteiger partial charge in [0.05, 0.1) is 0 Å². The molecular weight excluding hydrogens is 268 g/mol. The topological polar surface area (TPSA) is 52.0 Å². The maximum atomic E-state index is 6.51. The average Bonchev–Trinajstić information content (AvgIpc) is 2.60. The van der Waals surface area contributed by atoms with E-state index in [9.17, 15) is 0 Å². The van der Waals surface area contributed by atoms with Gasteiger partial charge in [-0.15, -0.1) is 0 Å². The summed E-state index contributed by atoms with van der Waals surface area (Å²) < 4.78 is 0. The van der Waals surface area contributed by atoms with Crippen molar-refractivity contribution in [2.45, 2.75) is 0 Å². The predicted octanol–water partition coefficient (Wildman–Crippen LogP) is 4.82. The van der Waals surface area contributed by atoms with Gasteiger partial charge in [-0.3, -0.25) is 0 Å². The summed E-state index contributed by atoms with van der Waals surface area (Å²) in [7, 11) is 0. The Labute approximate surface area is 129 Å². The van der Waals surface area contributed by atoms with Crippen molar-refractivity contribution in [3.8, 4) is 11.1 Å². The van der Waals surface area contributed by atoms with Gasteiger partial charge in [-0.25, -0.2) is 0 Å². The summed E-state index contributed by atoms with van der Waals surface area (Å²) in [5.41, 5.74) is 16.8. The van der Waals surface area contributed by atoms with E-state index in [0.29, 0.717) is 0 Å². The van der Waals surface area contributed by atoms with Gasteiger partial charge in [0.1, 0.15) is 0 Å². The zero-order valence-corrected chi connectivity index (χ0v) is 12.1. The molecule has 0 radical (unpaired) electrons. The standard InChI is InChI=1S/C20H16N2/c21-19-15-9-4-5-10-16(15)20(22)18-14(11-6-12-17(18)19)13-7-2-1-3-8-13/h1-12H,21-22H2. The highest BCUT2D eigenvalue weighted by molar-refractivity contribution is 6.22. The zero-order valence-electron chi connectivity index (χ0n) is 12.1. The van der Waals surface area contributed by atoms with Crippen molar-refractivity contribution in [2.75, 3.05) is 11.5 Å². The molecule has 0 spiro atoms. The second kappa shape index (κ2) is 4.78. The molecule has 2 heteroatoms. The van der Waals surface area contributed by atoms with Crippen molar-refractivity contribution in [3.63, 3.8) is 0 Å². The lowest BCUT2D eigenvalue weighted by atomic mass is 9.92. The number of nitrogen functional groups attached to an aromatic ring is 2. The number of fused-ring (bicyclic) bond motifs is 2. The lowest BCUT2D eigenvalue weighted by Gasteiger charge is -2.15. The molecule has 0 heterocycles. The molecule has 0 atom stereocenters. The van der Waals surface area contributed by atoms with Crippen molar-refractivity contribution in [2.24, 2.45) is 0 Å². The van der Waals surface area contributed by atoms with Gasteiger partial charge in [-0.2, -0.15) is 0 Å². The first-order valence-electron chi connectivity index (χ1n) is 7.31. The molecule has 4 aromatic rings. The molecule has 0 saturated carbocycles. The van der Waals surface area contributed by atoms with E-state index in [1.165, 1.54) is 0 Å². The molecule has 0 fully saturated rings. The van der Waals surface area contributed by atoms with Crippen LogP contribution in [0.4, 0.5) is 11.4 Å². The highest BCUT2D eigenvalue weighted by atomic mass is 14.6. The van der Waals surface area contributed by atoms with Crippen molar-refractivity contribution < 1.29 is 0 Å². The summed E-state index contributed by atoms with van der Waals surface area (Å²) in [5, 5.41) is 4.07. The Morgan fingerprint density at radius 1 is 0.500 bits per heavy atom. The molecule has 0 aliphatic rings. The predicted molar refractivity (Wildman–Crippen MR) is 95.7 cm³/mol. The van der Waals surface area contributed by atoms with Crippen LogP contribution in [0.3, 0.4) is 0 Å². The van der Waals surface area contributed by atoms with Crippen molar-refractivity contribution in [3.05, 3.63) is 72.8 Å². The van der Waals surface area contributed by atoms with E-state index in [1.54, 1.807) is 0 Å². The molecule has 0 amide bonds. The second-order valence-corrected chi connectivity index (χ2v) is 5.47. The normalized spacial score (nSPS) is 11.1. The van der Waals surface area contributed by atoms with Crippen LogP contribution in [-0.2, 0) is 0 Å². The molecule has 0 aliphatic carbocycles. The molecule has 106 valence electrons. The van der Waals surface area contributed by atoms with E-state index in [1.807, 2.05) is 54.6 Å². The summed E-state index contributed by atoms with van der Waals surface area (Å²) in [4.78, 5) is 0. The largest absolute Gasteiger partial charge is 0.398 e. The Morgan fingerprint density at radius 3 is 1.82 bits per heavy atom. The highest BCUT2D eigenvalue weighted by Crippen LogP contribution is 2.41. The smallest absolute Gasteiger partial charge is 0.0481 e. The Morgan fingerprint density at radius 2 is 1.09 bits per heavy atom. The molecular formula is C20H16N2. The molecule has 0 bridgehead atoms. The molecule has 0 unspecified atom stereocenters. The van der Waals surface area contributed by atoms with Crippen LogP contribution in [0, 0.1) is 0 Å². The SMILES string of the molecule is Nc1c2ccccc2c(N)c2c(-c3ccccc3)cccc12. The lowest BCUT2D eigenvalue weighted by Crippen LogP contribution is -1.97. The fourth-order valence-corrected chi connectivity index (χ4v) is 3.16. The number of hydrogen-bond donors (Lipinski definition) is 2. The first kappa shape index (κ1) is 12.7. The Kier molecular flexibility index (Phi) is 2.76. The number of nitrogens with two attached hydrogens (primary N) is 2. The highest BCUT2D eigenvalue weighted by Gasteiger charge is 2.13. The van der Waals surface area contributed by atoms with Crippen LogP contribution in [0.25, 0.3) is 32.7 Å². The minimum Gasteiger partial charge on any atom is -0.398 e. The maximum Gasteiger partial charge on any atom is 0.0481 e.